The molecule has 4 aromatic heterocycles. The van der Waals surface area contributed by atoms with Crippen molar-refractivity contribution < 1.29 is 18.7 Å². The van der Waals surface area contributed by atoms with Gasteiger partial charge in [-0.15, -0.1) is 16.4 Å². The molecule has 244 valence electrons. The van der Waals surface area contributed by atoms with Crippen molar-refractivity contribution in [3.8, 4) is 16.3 Å². The zero-order chi connectivity index (χ0) is 33.6. The molecule has 0 N–H and O–H groups in total. The highest BCUT2D eigenvalue weighted by atomic mass is 32.1. The fraction of sp³-hybridized carbons (Fsp3) is 0.286. The van der Waals surface area contributed by atoms with E-state index in [1.807, 2.05) is 58.2 Å². The number of anilines is 1. The molecule has 6 aromatic rings. The average Bonchev–Trinajstić information content (AvgIpc) is 3.70. The van der Waals surface area contributed by atoms with Crippen LogP contribution >= 0.6 is 11.3 Å². The third-order valence-electron chi connectivity index (χ3n) is 8.11. The lowest BCUT2D eigenvalue weighted by Gasteiger charge is -2.39. The van der Waals surface area contributed by atoms with Gasteiger partial charge < -0.3 is 9.64 Å². The van der Waals surface area contributed by atoms with Crippen molar-refractivity contribution in [1.29, 1.82) is 0 Å². The minimum Gasteiger partial charge on any atom is -0.444 e. The number of hydrogen-bond donors (Lipinski definition) is 0. The van der Waals surface area contributed by atoms with E-state index < -0.39 is 29.5 Å². The first kappa shape index (κ1) is 31.3. The molecule has 2 amide bonds. The van der Waals surface area contributed by atoms with E-state index in [4.69, 9.17) is 9.72 Å². The second kappa shape index (κ2) is 12.4. The number of pyridine rings is 2. The molecule has 1 saturated heterocycles. The lowest BCUT2D eigenvalue weighted by molar-refractivity contribution is 0.0196. The van der Waals surface area contributed by atoms with Gasteiger partial charge in [0, 0.05) is 53.6 Å². The molecule has 0 bridgehead atoms. The summed E-state index contributed by atoms with van der Waals surface area (Å²) < 4.78 is 23.1. The summed E-state index contributed by atoms with van der Waals surface area (Å²) in [5.74, 6) is -0.926. The molecule has 0 aliphatic carbocycles. The summed E-state index contributed by atoms with van der Waals surface area (Å²) in [5.41, 5.74) is 1.53. The van der Waals surface area contributed by atoms with Crippen LogP contribution in [0.5, 0.6) is 0 Å². The Morgan fingerprint density at radius 3 is 2.67 bits per heavy atom. The minimum absolute atomic E-state index is 0.140. The molecule has 11 nitrogen and oxygen atoms in total. The van der Waals surface area contributed by atoms with Crippen molar-refractivity contribution in [2.45, 2.75) is 52.2 Å². The Morgan fingerprint density at radius 2 is 1.90 bits per heavy atom. The standard InChI is InChI=1S/C35H33FN8O3S/c1-21-19-39-32(48-21)23-9-11-26-22(17-23)13-15-38-30(26)43(25-7-6-16-42(20-25)34(46)47-35(2,3)4)33(45)27-12-10-24(18-28(27)36)44-31-29(40-41-44)8-5-14-37-31/h5,8-15,17-19,25H,6-7,16,20H2,1-4H3/t25-/m1/s1. The summed E-state index contributed by atoms with van der Waals surface area (Å²) in [6, 6.07) is 15.1. The van der Waals surface area contributed by atoms with Crippen molar-refractivity contribution in [3.63, 3.8) is 0 Å². The Labute approximate surface area is 280 Å². The normalized spacial score (nSPS) is 15.2. The highest BCUT2D eigenvalue weighted by molar-refractivity contribution is 7.14. The smallest absolute Gasteiger partial charge is 0.410 e. The number of benzene rings is 2. The number of thiazole rings is 1. The van der Waals surface area contributed by atoms with Crippen molar-refractivity contribution >= 4 is 51.1 Å². The number of rotatable bonds is 5. The van der Waals surface area contributed by atoms with Crippen molar-refractivity contribution in [2.24, 2.45) is 0 Å². The summed E-state index contributed by atoms with van der Waals surface area (Å²) in [5, 5.41) is 10.7. The van der Waals surface area contributed by atoms with Crippen molar-refractivity contribution in [1.82, 2.24) is 34.8 Å². The van der Waals surface area contributed by atoms with E-state index in [0.29, 0.717) is 42.1 Å². The summed E-state index contributed by atoms with van der Waals surface area (Å²) in [4.78, 5) is 45.5. The SMILES string of the molecule is Cc1cnc(-c2ccc3c(N(C(=O)c4ccc(-n5nnc6cccnc65)cc4F)[C@@H]4CCCN(C(=O)OC(C)(C)C)C4)nccc3c2)s1. The van der Waals surface area contributed by atoms with Gasteiger partial charge in [0.05, 0.1) is 17.3 Å². The van der Waals surface area contributed by atoms with Crippen molar-refractivity contribution in [2.75, 3.05) is 18.0 Å². The van der Waals surface area contributed by atoms with E-state index in [1.165, 1.54) is 21.7 Å². The van der Waals surface area contributed by atoms with E-state index in [9.17, 15) is 9.59 Å². The zero-order valence-corrected chi connectivity index (χ0v) is 27.7. The number of piperidine rings is 1. The molecule has 0 radical (unpaired) electrons. The second-order valence-electron chi connectivity index (χ2n) is 12.8. The van der Waals surface area contributed by atoms with E-state index in [0.717, 1.165) is 26.2 Å². The van der Waals surface area contributed by atoms with E-state index in [1.54, 1.807) is 46.8 Å². The molecule has 1 atom stereocenters. The maximum Gasteiger partial charge on any atom is 0.410 e. The molecule has 48 heavy (non-hydrogen) atoms. The van der Waals surface area contributed by atoms with Gasteiger partial charge in [0.2, 0.25) is 0 Å². The van der Waals surface area contributed by atoms with Gasteiger partial charge in [0.1, 0.15) is 27.8 Å². The molecule has 0 spiro atoms. The van der Waals surface area contributed by atoms with Gasteiger partial charge in [-0.3, -0.25) is 9.69 Å². The lowest BCUT2D eigenvalue weighted by atomic mass is 10.0. The minimum atomic E-state index is -0.733. The molecule has 2 aromatic carbocycles. The highest BCUT2D eigenvalue weighted by Crippen LogP contribution is 2.34. The average molecular weight is 665 g/mol. The summed E-state index contributed by atoms with van der Waals surface area (Å²) in [7, 11) is 0. The molecular weight excluding hydrogens is 632 g/mol. The first-order chi connectivity index (χ1) is 23.1. The van der Waals surface area contributed by atoms with Crippen LogP contribution in [0.25, 0.3) is 38.2 Å². The number of likely N-dealkylation sites (tertiary alicyclic amines) is 1. The fourth-order valence-electron chi connectivity index (χ4n) is 5.95. The first-order valence-electron chi connectivity index (χ1n) is 15.7. The Kier molecular flexibility index (Phi) is 8.07. The third kappa shape index (κ3) is 6.08. The molecule has 1 fully saturated rings. The predicted molar refractivity (Wildman–Crippen MR) is 182 cm³/mol. The van der Waals surface area contributed by atoms with Crippen LogP contribution in [0, 0.1) is 12.7 Å². The molecule has 7 rings (SSSR count). The van der Waals surface area contributed by atoms with Gasteiger partial charge in [-0.05, 0) is 88.4 Å². The van der Waals surface area contributed by atoms with Gasteiger partial charge in [-0.2, -0.15) is 4.68 Å². The molecule has 1 aliphatic heterocycles. The van der Waals surface area contributed by atoms with Gasteiger partial charge in [-0.25, -0.2) is 24.1 Å². The van der Waals surface area contributed by atoms with Gasteiger partial charge in [-0.1, -0.05) is 11.3 Å². The number of carbonyl (C=O) groups is 2. The molecule has 0 unspecified atom stereocenters. The van der Waals surface area contributed by atoms with Crippen LogP contribution in [-0.2, 0) is 4.74 Å². The summed E-state index contributed by atoms with van der Waals surface area (Å²) in [6.45, 7) is 8.13. The summed E-state index contributed by atoms with van der Waals surface area (Å²) in [6.07, 6.45) is 5.83. The fourth-order valence-corrected chi connectivity index (χ4v) is 6.71. The number of aromatic nitrogens is 6. The lowest BCUT2D eigenvalue weighted by Crippen LogP contribution is -2.53. The van der Waals surface area contributed by atoms with Crippen LogP contribution in [0.3, 0.4) is 0 Å². The molecule has 1 aliphatic rings. The highest BCUT2D eigenvalue weighted by Gasteiger charge is 2.36. The maximum atomic E-state index is 16.0. The van der Waals surface area contributed by atoms with Gasteiger partial charge in [0.25, 0.3) is 5.91 Å². The number of aryl methyl sites for hydroxylation is 1. The Bertz CT molecular complexity index is 2170. The number of amides is 2. The monoisotopic (exact) mass is 664 g/mol. The van der Waals surface area contributed by atoms with Crippen LogP contribution in [0.1, 0.15) is 48.8 Å². The third-order valence-corrected chi connectivity index (χ3v) is 9.07. The Balaban J connectivity index is 1.29. The molecule has 5 heterocycles. The van der Waals surface area contributed by atoms with Crippen LogP contribution in [-0.4, -0.2) is 71.6 Å². The van der Waals surface area contributed by atoms with Crippen LogP contribution in [0.2, 0.25) is 0 Å². The van der Waals surface area contributed by atoms with Crippen LogP contribution in [0.4, 0.5) is 15.0 Å². The second-order valence-corrected chi connectivity index (χ2v) is 14.0. The zero-order valence-electron chi connectivity index (χ0n) is 26.9. The van der Waals surface area contributed by atoms with E-state index >= 15 is 4.39 Å². The first-order valence-corrected chi connectivity index (χ1v) is 16.5. The molecule has 0 saturated carbocycles. The van der Waals surface area contributed by atoms with E-state index in [-0.39, 0.29) is 12.1 Å². The Hall–Kier alpha value is -5.30. The number of fused-ring (bicyclic) bond motifs is 2. The number of ether oxygens (including phenoxy) is 1. The summed E-state index contributed by atoms with van der Waals surface area (Å²) >= 11 is 1.60. The number of nitrogens with zero attached hydrogens (tertiary/aromatic N) is 8. The number of halogens is 1. The molecule has 13 heteroatoms. The largest absolute Gasteiger partial charge is 0.444 e. The number of hydrogen-bond acceptors (Lipinski definition) is 9. The predicted octanol–water partition coefficient (Wildman–Crippen LogP) is 6.98. The topological polar surface area (TPSA) is 119 Å². The van der Waals surface area contributed by atoms with Gasteiger partial charge >= 0.3 is 6.09 Å². The number of carbonyl (C=O) groups excluding carboxylic acids is 2. The quantitative estimate of drug-likeness (QED) is 0.194. The molecular formula is C35H33FN8O3S. The van der Waals surface area contributed by atoms with Gasteiger partial charge in [0.15, 0.2) is 5.65 Å². The Morgan fingerprint density at radius 1 is 1.04 bits per heavy atom. The van der Waals surface area contributed by atoms with Crippen molar-refractivity contribution in [3.05, 3.63) is 89.4 Å². The van der Waals surface area contributed by atoms with E-state index in [2.05, 4.69) is 20.3 Å². The van der Waals surface area contributed by atoms with Crippen LogP contribution in [0.15, 0.2) is 73.2 Å². The maximum absolute atomic E-state index is 16.0. The van der Waals surface area contributed by atoms with Crippen LogP contribution < -0.4 is 4.90 Å².